The fourth-order valence-corrected chi connectivity index (χ4v) is 4.35. The van der Waals surface area contributed by atoms with Gasteiger partial charge in [0.1, 0.15) is 5.75 Å². The lowest BCUT2D eigenvalue weighted by atomic mass is 10.0. The highest BCUT2D eigenvalue weighted by atomic mass is 79.9. The number of aromatic hydroxyl groups is 1. The molecular formula is C26H18BrClN4O3. The van der Waals surface area contributed by atoms with E-state index in [1.807, 2.05) is 24.3 Å². The zero-order valence-electron chi connectivity index (χ0n) is 18.7. The Morgan fingerprint density at radius 1 is 1.06 bits per heavy atom. The highest BCUT2D eigenvalue weighted by Crippen LogP contribution is 2.39. The number of hydrogen-bond acceptors (Lipinski definition) is 5. The Labute approximate surface area is 213 Å². The Kier molecular flexibility index (Phi) is 6.00. The average molecular weight is 550 g/mol. The van der Waals surface area contributed by atoms with Crippen molar-refractivity contribution >= 4 is 60.9 Å². The van der Waals surface area contributed by atoms with E-state index < -0.39 is 5.91 Å². The number of fused-ring (bicyclic) bond motifs is 2. The molecule has 5 aromatic rings. The first kappa shape index (κ1) is 23.0. The van der Waals surface area contributed by atoms with Crippen molar-refractivity contribution in [3.05, 3.63) is 81.8 Å². The van der Waals surface area contributed by atoms with Crippen LogP contribution in [0.25, 0.3) is 33.1 Å². The number of carbonyl (C=O) groups excluding carboxylic acids is 1. The summed E-state index contributed by atoms with van der Waals surface area (Å²) in [6, 6.07) is 19.8. The van der Waals surface area contributed by atoms with Gasteiger partial charge in [-0.3, -0.25) is 4.79 Å². The second-order valence-electron chi connectivity index (χ2n) is 7.84. The van der Waals surface area contributed by atoms with Gasteiger partial charge in [-0.25, -0.2) is 4.98 Å². The zero-order valence-corrected chi connectivity index (χ0v) is 21.0. The lowest BCUT2D eigenvalue weighted by molar-refractivity contribution is 0.0996. The van der Waals surface area contributed by atoms with E-state index in [9.17, 15) is 9.90 Å². The highest BCUT2D eigenvalue weighted by Gasteiger charge is 2.18. The lowest BCUT2D eigenvalue weighted by Crippen LogP contribution is -1.99. The number of nitrogens with zero attached hydrogens (tertiary/aromatic N) is 4. The number of rotatable bonds is 4. The summed E-state index contributed by atoms with van der Waals surface area (Å²) in [7, 11) is 3.25. The molecule has 35 heavy (non-hydrogen) atoms. The number of azo groups is 1. The molecule has 0 saturated carbocycles. The quantitative estimate of drug-likeness (QED) is 0.236. The van der Waals surface area contributed by atoms with Crippen LogP contribution in [0.4, 0.5) is 5.69 Å². The minimum Gasteiger partial charge on any atom is -0.497 e. The summed E-state index contributed by atoms with van der Waals surface area (Å²) in [5.74, 6) is -0.110. The van der Waals surface area contributed by atoms with Crippen molar-refractivity contribution in [3.63, 3.8) is 0 Å². The number of amides is 1. The predicted octanol–water partition coefficient (Wildman–Crippen LogP) is 7.45. The molecule has 1 amide bonds. The number of aromatic nitrogens is 2. The molecule has 0 spiro atoms. The molecule has 0 radical (unpaired) electrons. The zero-order chi connectivity index (χ0) is 24.7. The number of benzene rings is 3. The molecule has 1 N–H and O–H groups in total. The molecule has 7 nitrogen and oxygen atoms in total. The maximum absolute atomic E-state index is 13.3. The molecule has 2 heterocycles. The van der Waals surface area contributed by atoms with Gasteiger partial charge < -0.3 is 14.4 Å². The summed E-state index contributed by atoms with van der Waals surface area (Å²) in [6.07, 6.45) is 0. The molecule has 0 saturated heterocycles. The van der Waals surface area contributed by atoms with Gasteiger partial charge in [-0.1, -0.05) is 39.7 Å². The second-order valence-corrected chi connectivity index (χ2v) is 9.19. The monoisotopic (exact) mass is 548 g/mol. The molecule has 0 aliphatic heterocycles. The summed E-state index contributed by atoms with van der Waals surface area (Å²) in [5, 5.41) is 20.3. The highest BCUT2D eigenvalue weighted by molar-refractivity contribution is 9.10. The summed E-state index contributed by atoms with van der Waals surface area (Å²) < 4.78 is 7.84. The van der Waals surface area contributed by atoms with E-state index in [0.29, 0.717) is 43.8 Å². The van der Waals surface area contributed by atoms with E-state index in [4.69, 9.17) is 21.3 Å². The van der Waals surface area contributed by atoms with Crippen LogP contribution < -0.4 is 4.74 Å². The maximum atomic E-state index is 13.3. The molecule has 0 atom stereocenters. The van der Waals surface area contributed by atoms with E-state index in [-0.39, 0.29) is 11.6 Å². The van der Waals surface area contributed by atoms with E-state index in [0.717, 1.165) is 10.0 Å². The van der Waals surface area contributed by atoms with Crippen LogP contribution in [-0.2, 0) is 7.05 Å². The van der Waals surface area contributed by atoms with Crippen LogP contribution in [0.15, 0.2) is 81.4 Å². The molecule has 174 valence electrons. The summed E-state index contributed by atoms with van der Waals surface area (Å²) in [5.41, 5.74) is 3.27. The SMILES string of the molecule is COc1ccc2nc(-c3ccc(Br)cc3)cc(C(=O)N=Nc3c(O)n(C)c4ccc(Cl)cc34)c2c1. The Morgan fingerprint density at radius 2 is 1.83 bits per heavy atom. The largest absolute Gasteiger partial charge is 0.497 e. The second kappa shape index (κ2) is 9.13. The third-order valence-electron chi connectivity index (χ3n) is 5.73. The topological polar surface area (TPSA) is 89.1 Å². The number of aryl methyl sites for hydroxylation is 1. The maximum Gasteiger partial charge on any atom is 0.296 e. The average Bonchev–Trinajstić information content (AvgIpc) is 3.10. The molecule has 0 unspecified atom stereocenters. The van der Waals surface area contributed by atoms with Gasteiger partial charge in [-0.05, 0) is 54.6 Å². The molecular weight excluding hydrogens is 532 g/mol. The van der Waals surface area contributed by atoms with Crippen molar-refractivity contribution in [1.82, 2.24) is 9.55 Å². The van der Waals surface area contributed by atoms with E-state index in [1.54, 1.807) is 61.2 Å². The third-order valence-corrected chi connectivity index (χ3v) is 6.50. The van der Waals surface area contributed by atoms with Crippen LogP contribution >= 0.6 is 27.5 Å². The third kappa shape index (κ3) is 4.26. The van der Waals surface area contributed by atoms with Gasteiger partial charge in [-0.2, -0.15) is 0 Å². The van der Waals surface area contributed by atoms with Crippen molar-refractivity contribution in [3.8, 4) is 22.9 Å². The van der Waals surface area contributed by atoms with Gasteiger partial charge in [0.15, 0.2) is 5.69 Å². The summed E-state index contributed by atoms with van der Waals surface area (Å²) >= 11 is 9.58. The number of hydrogen-bond donors (Lipinski definition) is 1. The van der Waals surface area contributed by atoms with E-state index in [2.05, 4.69) is 26.2 Å². The number of pyridine rings is 1. The fourth-order valence-electron chi connectivity index (χ4n) is 3.91. The van der Waals surface area contributed by atoms with Crippen LogP contribution in [0, 0.1) is 0 Å². The molecule has 5 rings (SSSR count). The van der Waals surface area contributed by atoms with Crippen LogP contribution in [0.2, 0.25) is 5.02 Å². The number of methoxy groups -OCH3 is 1. The molecule has 2 aromatic heterocycles. The van der Waals surface area contributed by atoms with E-state index in [1.165, 1.54) is 0 Å². The van der Waals surface area contributed by atoms with Gasteiger partial charge in [0.05, 0.1) is 29.4 Å². The lowest BCUT2D eigenvalue weighted by Gasteiger charge is -2.09. The Hall–Kier alpha value is -3.75. The van der Waals surface area contributed by atoms with Gasteiger partial charge >= 0.3 is 0 Å². The normalized spacial score (nSPS) is 11.5. The van der Waals surface area contributed by atoms with Gasteiger partial charge in [0.25, 0.3) is 5.91 Å². The number of carbonyl (C=O) groups is 1. The first-order valence-electron chi connectivity index (χ1n) is 10.5. The summed E-state index contributed by atoms with van der Waals surface area (Å²) in [6.45, 7) is 0. The van der Waals surface area contributed by atoms with Crippen molar-refractivity contribution in [2.75, 3.05) is 7.11 Å². The minimum absolute atomic E-state index is 0.115. The van der Waals surface area contributed by atoms with Gasteiger partial charge in [0, 0.05) is 32.9 Å². The van der Waals surface area contributed by atoms with Crippen LogP contribution in [0.3, 0.4) is 0 Å². The van der Waals surface area contributed by atoms with Crippen molar-refractivity contribution < 1.29 is 14.6 Å². The fraction of sp³-hybridized carbons (Fsp3) is 0.0769. The smallest absolute Gasteiger partial charge is 0.296 e. The van der Waals surface area contributed by atoms with Crippen LogP contribution in [0.1, 0.15) is 10.4 Å². The minimum atomic E-state index is -0.581. The van der Waals surface area contributed by atoms with Gasteiger partial charge in [-0.15, -0.1) is 10.2 Å². The Balaban J connectivity index is 1.64. The molecule has 0 aliphatic rings. The molecule has 0 bridgehead atoms. The van der Waals surface area contributed by atoms with Crippen LogP contribution in [0.5, 0.6) is 11.6 Å². The number of halogens is 2. The van der Waals surface area contributed by atoms with Crippen molar-refractivity contribution in [2.24, 2.45) is 17.3 Å². The first-order chi connectivity index (χ1) is 16.9. The molecule has 3 aromatic carbocycles. The predicted molar refractivity (Wildman–Crippen MR) is 140 cm³/mol. The van der Waals surface area contributed by atoms with Crippen molar-refractivity contribution in [2.45, 2.75) is 0 Å². The van der Waals surface area contributed by atoms with Crippen LogP contribution in [-0.4, -0.2) is 27.7 Å². The Morgan fingerprint density at radius 3 is 2.57 bits per heavy atom. The van der Waals surface area contributed by atoms with E-state index >= 15 is 0 Å². The molecule has 0 aliphatic carbocycles. The number of ether oxygens (including phenoxy) is 1. The first-order valence-corrected chi connectivity index (χ1v) is 11.7. The molecule has 0 fully saturated rings. The Bertz CT molecular complexity index is 1650. The summed E-state index contributed by atoms with van der Waals surface area (Å²) in [4.78, 5) is 18.1. The standard InChI is InChI=1S/C26H18BrClN4O3/c1-32-23-10-7-16(28)11-20(23)24(26(32)34)30-31-25(33)19-13-22(14-3-5-15(27)6-4-14)29-21-9-8-17(35-2)12-18(19)21/h3-13,34H,1-2H3. The van der Waals surface area contributed by atoms with Gasteiger partial charge in [0.2, 0.25) is 5.88 Å². The van der Waals surface area contributed by atoms with Crippen molar-refractivity contribution in [1.29, 1.82) is 0 Å². The molecule has 9 heteroatoms.